The predicted molar refractivity (Wildman–Crippen MR) is 83.2 cm³/mol. The number of hydrogen-bond acceptors (Lipinski definition) is 4. The second kappa shape index (κ2) is 6.00. The van der Waals surface area contributed by atoms with E-state index in [0.717, 1.165) is 0 Å². The molecule has 0 saturated carbocycles. The number of carboxylic acid groups (broad SMARTS) is 1. The normalized spacial score (nSPS) is 16.2. The van der Waals surface area contributed by atoms with Crippen molar-refractivity contribution in [1.29, 1.82) is 0 Å². The predicted octanol–water partition coefficient (Wildman–Crippen LogP) is 2.19. The Labute approximate surface area is 132 Å². The van der Waals surface area contributed by atoms with Crippen molar-refractivity contribution in [2.75, 3.05) is 18.6 Å². The molecule has 1 aliphatic rings. The van der Waals surface area contributed by atoms with Crippen LogP contribution in [0.1, 0.15) is 10.4 Å². The first-order valence-electron chi connectivity index (χ1n) is 7.04. The number of fused-ring (bicyclic) bond motifs is 1. The number of aliphatic carboxylic acids is 1. The molecule has 1 N–H and O–H groups in total. The Hall–Kier alpha value is -3.02. The van der Waals surface area contributed by atoms with E-state index in [2.05, 4.69) is 0 Å². The fraction of sp³-hybridized carbons (Fsp3) is 0.176. The maximum atomic E-state index is 12.8. The number of carbonyl (C=O) groups excluding carboxylic acids is 1. The van der Waals surface area contributed by atoms with Crippen molar-refractivity contribution < 1.29 is 24.2 Å². The second-order valence-electron chi connectivity index (χ2n) is 5.06. The molecule has 0 fully saturated rings. The van der Waals surface area contributed by atoms with Gasteiger partial charge < -0.3 is 19.5 Å². The van der Waals surface area contributed by atoms with Crippen LogP contribution in [-0.4, -0.2) is 36.7 Å². The minimum absolute atomic E-state index is 0.0444. The van der Waals surface area contributed by atoms with Gasteiger partial charge in [-0.3, -0.25) is 4.79 Å². The Morgan fingerprint density at radius 1 is 1.17 bits per heavy atom. The minimum Gasteiger partial charge on any atom is -0.497 e. The van der Waals surface area contributed by atoms with E-state index < -0.39 is 12.1 Å². The average molecular weight is 313 g/mol. The van der Waals surface area contributed by atoms with Crippen LogP contribution in [0.3, 0.4) is 0 Å². The Balaban J connectivity index is 1.96. The van der Waals surface area contributed by atoms with Gasteiger partial charge in [0.05, 0.1) is 19.3 Å². The molecule has 0 bridgehead atoms. The van der Waals surface area contributed by atoms with Crippen LogP contribution in [0.4, 0.5) is 5.69 Å². The smallest absolute Gasteiger partial charge is 0.346 e. The summed E-state index contributed by atoms with van der Waals surface area (Å²) in [5, 5.41) is 9.22. The van der Waals surface area contributed by atoms with Crippen molar-refractivity contribution in [2.24, 2.45) is 0 Å². The molecule has 1 heterocycles. The molecule has 3 rings (SSSR count). The monoisotopic (exact) mass is 313 g/mol. The molecule has 23 heavy (non-hydrogen) atoms. The standard InChI is InChI=1S/C17H15NO5/c1-22-12-8-6-11(7-9-12)16(19)18-10-15(17(20)21)23-14-5-3-2-4-13(14)18/h2-9,15H,10H2,1H3,(H,20,21)/t15-/m1/s1. The van der Waals surface area contributed by atoms with E-state index in [9.17, 15) is 14.7 Å². The lowest BCUT2D eigenvalue weighted by Crippen LogP contribution is -2.47. The molecule has 6 heteroatoms. The van der Waals surface area contributed by atoms with Gasteiger partial charge in [0.1, 0.15) is 11.5 Å². The number of rotatable bonds is 3. The highest BCUT2D eigenvalue weighted by molar-refractivity contribution is 6.07. The summed E-state index contributed by atoms with van der Waals surface area (Å²) in [5.41, 5.74) is 1.01. The molecule has 0 aromatic heterocycles. The summed E-state index contributed by atoms with van der Waals surface area (Å²) >= 11 is 0. The van der Waals surface area contributed by atoms with E-state index >= 15 is 0 Å². The fourth-order valence-corrected chi connectivity index (χ4v) is 2.44. The number of hydrogen-bond donors (Lipinski definition) is 1. The lowest BCUT2D eigenvalue weighted by Gasteiger charge is -2.33. The molecule has 0 saturated heterocycles. The number of benzene rings is 2. The number of methoxy groups -OCH3 is 1. The number of para-hydroxylation sites is 2. The number of anilines is 1. The lowest BCUT2D eigenvalue weighted by molar-refractivity contribution is -0.144. The zero-order valence-electron chi connectivity index (χ0n) is 12.4. The van der Waals surface area contributed by atoms with Crippen molar-refractivity contribution >= 4 is 17.6 Å². The van der Waals surface area contributed by atoms with Crippen LogP contribution in [0, 0.1) is 0 Å². The Bertz CT molecular complexity index is 741. The van der Waals surface area contributed by atoms with Crippen molar-refractivity contribution in [3.05, 3.63) is 54.1 Å². The van der Waals surface area contributed by atoms with E-state index in [-0.39, 0.29) is 12.5 Å². The highest BCUT2D eigenvalue weighted by Gasteiger charge is 2.33. The maximum Gasteiger partial charge on any atom is 0.346 e. The van der Waals surface area contributed by atoms with Crippen molar-refractivity contribution in [3.8, 4) is 11.5 Å². The summed E-state index contributed by atoms with van der Waals surface area (Å²) in [6.45, 7) is -0.0444. The van der Waals surface area contributed by atoms with E-state index in [1.165, 1.54) is 4.90 Å². The summed E-state index contributed by atoms with van der Waals surface area (Å²) in [5.74, 6) is -0.359. The van der Waals surface area contributed by atoms with E-state index in [4.69, 9.17) is 9.47 Å². The first kappa shape index (κ1) is 14.9. The molecule has 0 radical (unpaired) electrons. The molecular formula is C17H15NO5. The molecule has 1 amide bonds. The summed E-state index contributed by atoms with van der Waals surface area (Å²) in [6, 6.07) is 13.6. The van der Waals surface area contributed by atoms with E-state index in [1.807, 2.05) is 0 Å². The molecular weight excluding hydrogens is 298 g/mol. The van der Waals surface area contributed by atoms with Gasteiger partial charge in [-0.1, -0.05) is 12.1 Å². The van der Waals surface area contributed by atoms with Gasteiger partial charge in [-0.05, 0) is 36.4 Å². The Morgan fingerprint density at radius 3 is 2.52 bits per heavy atom. The first-order valence-corrected chi connectivity index (χ1v) is 7.04. The fourth-order valence-electron chi connectivity index (χ4n) is 2.44. The third-order valence-electron chi connectivity index (χ3n) is 3.63. The van der Waals surface area contributed by atoms with Crippen LogP contribution in [0.15, 0.2) is 48.5 Å². The van der Waals surface area contributed by atoms with Crippen LogP contribution in [0.2, 0.25) is 0 Å². The molecule has 0 spiro atoms. The van der Waals surface area contributed by atoms with Gasteiger partial charge in [0.2, 0.25) is 6.10 Å². The van der Waals surface area contributed by atoms with Gasteiger partial charge in [0.25, 0.3) is 5.91 Å². The molecule has 0 unspecified atom stereocenters. The number of carboxylic acids is 1. The summed E-state index contributed by atoms with van der Waals surface area (Å²) < 4.78 is 10.5. The van der Waals surface area contributed by atoms with Crippen LogP contribution in [-0.2, 0) is 4.79 Å². The summed E-state index contributed by atoms with van der Waals surface area (Å²) in [6.07, 6.45) is -1.09. The molecule has 2 aromatic carbocycles. The average Bonchev–Trinajstić information content (AvgIpc) is 2.60. The van der Waals surface area contributed by atoms with E-state index in [0.29, 0.717) is 22.7 Å². The molecule has 118 valence electrons. The third kappa shape index (κ3) is 2.83. The van der Waals surface area contributed by atoms with Crippen LogP contribution < -0.4 is 14.4 Å². The van der Waals surface area contributed by atoms with Crippen molar-refractivity contribution in [2.45, 2.75) is 6.10 Å². The number of ether oxygens (including phenoxy) is 2. The van der Waals surface area contributed by atoms with Crippen LogP contribution in [0.5, 0.6) is 11.5 Å². The number of amides is 1. The maximum absolute atomic E-state index is 12.8. The molecule has 2 aromatic rings. The molecule has 6 nitrogen and oxygen atoms in total. The highest BCUT2D eigenvalue weighted by atomic mass is 16.5. The number of carbonyl (C=O) groups is 2. The Morgan fingerprint density at radius 2 is 1.87 bits per heavy atom. The van der Waals surface area contributed by atoms with Crippen molar-refractivity contribution in [1.82, 2.24) is 0 Å². The SMILES string of the molecule is COc1ccc(C(=O)N2C[C@H](C(=O)O)Oc3ccccc32)cc1. The summed E-state index contributed by atoms with van der Waals surface area (Å²) in [7, 11) is 1.55. The Kier molecular flexibility index (Phi) is 3.89. The van der Waals surface area contributed by atoms with Gasteiger partial charge in [-0.25, -0.2) is 4.79 Å². The van der Waals surface area contributed by atoms with Crippen LogP contribution >= 0.6 is 0 Å². The van der Waals surface area contributed by atoms with Crippen LogP contribution in [0.25, 0.3) is 0 Å². The first-order chi connectivity index (χ1) is 11.1. The molecule has 1 aliphatic heterocycles. The van der Waals surface area contributed by atoms with Gasteiger partial charge in [-0.2, -0.15) is 0 Å². The molecule has 0 aliphatic carbocycles. The van der Waals surface area contributed by atoms with Crippen molar-refractivity contribution in [3.63, 3.8) is 0 Å². The highest BCUT2D eigenvalue weighted by Crippen LogP contribution is 2.34. The van der Waals surface area contributed by atoms with Gasteiger partial charge in [-0.15, -0.1) is 0 Å². The van der Waals surface area contributed by atoms with E-state index in [1.54, 1.807) is 55.6 Å². The van der Waals surface area contributed by atoms with Gasteiger partial charge in [0.15, 0.2) is 0 Å². The number of nitrogens with zero attached hydrogens (tertiary/aromatic N) is 1. The van der Waals surface area contributed by atoms with Gasteiger partial charge in [0, 0.05) is 5.56 Å². The van der Waals surface area contributed by atoms with Gasteiger partial charge >= 0.3 is 5.97 Å². The zero-order chi connectivity index (χ0) is 16.4. The largest absolute Gasteiger partial charge is 0.497 e. The summed E-state index contributed by atoms with van der Waals surface area (Å²) in [4.78, 5) is 25.5. The minimum atomic E-state index is -1.10. The lowest BCUT2D eigenvalue weighted by atomic mass is 10.1. The second-order valence-corrected chi connectivity index (χ2v) is 5.06. The quantitative estimate of drug-likeness (QED) is 0.940. The zero-order valence-corrected chi connectivity index (χ0v) is 12.4. The third-order valence-corrected chi connectivity index (χ3v) is 3.63. The topological polar surface area (TPSA) is 76.1 Å². The molecule has 1 atom stereocenters.